The molecule has 0 aromatic carbocycles. The highest BCUT2D eigenvalue weighted by Gasteiger charge is 2.06. The van der Waals surface area contributed by atoms with E-state index in [0.29, 0.717) is 18.1 Å². The number of hydrogen-bond donors (Lipinski definition) is 0. The molecular weight excluding hydrogens is 232 g/mol. The van der Waals surface area contributed by atoms with Crippen LogP contribution in [0.5, 0.6) is 0 Å². The lowest BCUT2D eigenvalue weighted by Gasteiger charge is -1.99. The normalized spacial score (nSPS) is 10.6. The highest BCUT2D eigenvalue weighted by Crippen LogP contribution is 2.01. The molecule has 0 bridgehead atoms. The largest absolute Gasteiger partial charge is 0.337 e. The molecule has 0 unspecified atom stereocenters. The van der Waals surface area contributed by atoms with Gasteiger partial charge in [0.05, 0.1) is 6.33 Å². The molecule has 0 N–H and O–H groups in total. The zero-order valence-corrected chi connectivity index (χ0v) is 9.31. The first-order valence-electron chi connectivity index (χ1n) is 4.72. The SMILES string of the molecule is CCc1noc(Cn2cnc(Cl)cc2=O)n1. The molecule has 2 aromatic rings. The van der Waals surface area contributed by atoms with Crippen molar-refractivity contribution in [1.29, 1.82) is 0 Å². The average Bonchev–Trinajstić information content (AvgIpc) is 2.70. The van der Waals surface area contributed by atoms with Gasteiger partial charge in [0.2, 0.25) is 5.89 Å². The predicted molar refractivity (Wildman–Crippen MR) is 56.3 cm³/mol. The lowest BCUT2D eigenvalue weighted by molar-refractivity contribution is 0.364. The van der Waals surface area contributed by atoms with Crippen LogP contribution >= 0.6 is 11.6 Å². The molecule has 0 fully saturated rings. The molecule has 0 aliphatic rings. The van der Waals surface area contributed by atoms with Gasteiger partial charge in [0, 0.05) is 12.5 Å². The molecule has 2 rings (SSSR count). The molecule has 0 spiro atoms. The van der Waals surface area contributed by atoms with Crippen molar-refractivity contribution in [3.05, 3.63) is 39.6 Å². The van der Waals surface area contributed by atoms with Gasteiger partial charge in [0.25, 0.3) is 5.56 Å². The van der Waals surface area contributed by atoms with Gasteiger partial charge in [0.1, 0.15) is 11.7 Å². The third kappa shape index (κ3) is 2.27. The van der Waals surface area contributed by atoms with Crippen LogP contribution in [0.3, 0.4) is 0 Å². The summed E-state index contributed by atoms with van der Waals surface area (Å²) >= 11 is 5.57. The summed E-state index contributed by atoms with van der Waals surface area (Å²) in [5, 5.41) is 3.90. The molecule has 0 aliphatic heterocycles. The molecule has 0 atom stereocenters. The van der Waals surface area contributed by atoms with E-state index in [1.165, 1.54) is 17.0 Å². The summed E-state index contributed by atoms with van der Waals surface area (Å²) in [7, 11) is 0. The number of nitrogens with zero attached hydrogens (tertiary/aromatic N) is 4. The Balaban J connectivity index is 2.23. The van der Waals surface area contributed by atoms with Gasteiger partial charge < -0.3 is 4.52 Å². The average molecular weight is 241 g/mol. The van der Waals surface area contributed by atoms with Crippen LogP contribution < -0.4 is 5.56 Å². The van der Waals surface area contributed by atoms with Crippen molar-refractivity contribution in [1.82, 2.24) is 19.7 Å². The van der Waals surface area contributed by atoms with Crippen molar-refractivity contribution in [2.45, 2.75) is 19.9 Å². The highest BCUT2D eigenvalue weighted by atomic mass is 35.5. The van der Waals surface area contributed by atoms with Gasteiger partial charge in [-0.25, -0.2) is 4.98 Å². The van der Waals surface area contributed by atoms with Crippen molar-refractivity contribution >= 4 is 11.6 Å². The van der Waals surface area contributed by atoms with E-state index < -0.39 is 0 Å². The standard InChI is InChI=1S/C9H9ClN4O2/c1-2-7-12-8(16-13-7)4-14-5-11-6(10)3-9(14)15/h3,5H,2,4H2,1H3. The lowest BCUT2D eigenvalue weighted by Crippen LogP contribution is -2.20. The summed E-state index contributed by atoms with van der Waals surface area (Å²) < 4.78 is 6.31. The van der Waals surface area contributed by atoms with Crippen LogP contribution in [0.1, 0.15) is 18.6 Å². The first-order valence-corrected chi connectivity index (χ1v) is 5.10. The van der Waals surface area contributed by atoms with E-state index in [-0.39, 0.29) is 17.3 Å². The summed E-state index contributed by atoms with van der Waals surface area (Å²) in [6.07, 6.45) is 2.04. The van der Waals surface area contributed by atoms with Crippen molar-refractivity contribution in [2.24, 2.45) is 0 Å². The van der Waals surface area contributed by atoms with Gasteiger partial charge in [-0.15, -0.1) is 0 Å². The molecule has 6 nitrogen and oxygen atoms in total. The Morgan fingerprint density at radius 3 is 3.00 bits per heavy atom. The lowest BCUT2D eigenvalue weighted by atomic mass is 10.5. The number of hydrogen-bond acceptors (Lipinski definition) is 5. The summed E-state index contributed by atoms with van der Waals surface area (Å²) in [5.41, 5.74) is -0.253. The Hall–Kier alpha value is -1.69. The molecular formula is C9H9ClN4O2. The summed E-state index contributed by atoms with van der Waals surface area (Å²) in [5.74, 6) is 0.994. The minimum atomic E-state index is -0.253. The maximum Gasteiger partial charge on any atom is 0.255 e. The third-order valence-corrected chi connectivity index (χ3v) is 2.18. The van der Waals surface area contributed by atoms with Crippen molar-refractivity contribution in [2.75, 3.05) is 0 Å². The van der Waals surface area contributed by atoms with E-state index in [2.05, 4.69) is 15.1 Å². The molecule has 2 aromatic heterocycles. The van der Waals surface area contributed by atoms with E-state index in [0.717, 1.165) is 0 Å². The van der Waals surface area contributed by atoms with E-state index >= 15 is 0 Å². The molecule has 84 valence electrons. The predicted octanol–water partition coefficient (Wildman–Crippen LogP) is 0.890. The van der Waals surface area contributed by atoms with Gasteiger partial charge in [-0.3, -0.25) is 9.36 Å². The molecule has 0 aliphatic carbocycles. The fraction of sp³-hybridized carbons (Fsp3) is 0.333. The summed E-state index contributed by atoms with van der Waals surface area (Å²) in [4.78, 5) is 19.4. The van der Waals surface area contributed by atoms with Gasteiger partial charge in [-0.1, -0.05) is 23.7 Å². The van der Waals surface area contributed by atoms with Gasteiger partial charge in [0.15, 0.2) is 5.82 Å². The number of rotatable bonds is 3. The minimum Gasteiger partial charge on any atom is -0.337 e. The Labute approximate surface area is 95.9 Å². The van der Waals surface area contributed by atoms with Crippen LogP contribution in [0.25, 0.3) is 0 Å². The highest BCUT2D eigenvalue weighted by molar-refractivity contribution is 6.29. The molecule has 7 heteroatoms. The Morgan fingerprint density at radius 2 is 2.38 bits per heavy atom. The van der Waals surface area contributed by atoms with Crippen LogP contribution in [0, 0.1) is 0 Å². The Morgan fingerprint density at radius 1 is 1.56 bits per heavy atom. The van der Waals surface area contributed by atoms with Crippen molar-refractivity contribution in [3.63, 3.8) is 0 Å². The Kier molecular flexibility index (Phi) is 3.00. The van der Waals surface area contributed by atoms with E-state index in [1.807, 2.05) is 6.92 Å². The molecule has 2 heterocycles. The fourth-order valence-corrected chi connectivity index (χ4v) is 1.30. The van der Waals surface area contributed by atoms with E-state index in [4.69, 9.17) is 16.1 Å². The van der Waals surface area contributed by atoms with Crippen LogP contribution in [0.4, 0.5) is 0 Å². The monoisotopic (exact) mass is 240 g/mol. The number of aryl methyl sites for hydroxylation is 1. The molecule has 0 radical (unpaired) electrons. The second-order valence-electron chi connectivity index (χ2n) is 3.14. The maximum atomic E-state index is 11.5. The molecule has 0 amide bonds. The quantitative estimate of drug-likeness (QED) is 0.745. The molecule has 16 heavy (non-hydrogen) atoms. The maximum absolute atomic E-state index is 11.5. The first-order chi connectivity index (χ1) is 7.69. The number of aromatic nitrogens is 4. The zero-order chi connectivity index (χ0) is 11.5. The van der Waals surface area contributed by atoms with Crippen LogP contribution in [-0.2, 0) is 13.0 Å². The van der Waals surface area contributed by atoms with Crippen molar-refractivity contribution < 1.29 is 4.52 Å². The minimum absolute atomic E-state index is 0.168. The molecule has 0 saturated heterocycles. The smallest absolute Gasteiger partial charge is 0.255 e. The van der Waals surface area contributed by atoms with E-state index in [9.17, 15) is 4.79 Å². The summed E-state index contributed by atoms with van der Waals surface area (Å²) in [6.45, 7) is 2.13. The topological polar surface area (TPSA) is 73.8 Å². The second kappa shape index (κ2) is 4.44. The zero-order valence-electron chi connectivity index (χ0n) is 8.55. The fourth-order valence-electron chi connectivity index (χ4n) is 1.17. The second-order valence-corrected chi connectivity index (χ2v) is 3.52. The first kappa shape index (κ1) is 10.8. The summed E-state index contributed by atoms with van der Waals surface area (Å²) in [6, 6.07) is 1.23. The van der Waals surface area contributed by atoms with Gasteiger partial charge in [-0.05, 0) is 0 Å². The third-order valence-electron chi connectivity index (χ3n) is 1.98. The Bertz CT molecular complexity index is 548. The number of halogens is 1. The van der Waals surface area contributed by atoms with Crippen molar-refractivity contribution in [3.8, 4) is 0 Å². The van der Waals surface area contributed by atoms with Crippen LogP contribution in [0.2, 0.25) is 5.15 Å². The van der Waals surface area contributed by atoms with E-state index in [1.54, 1.807) is 0 Å². The van der Waals surface area contributed by atoms with Crippen LogP contribution in [-0.4, -0.2) is 19.7 Å². The van der Waals surface area contributed by atoms with Gasteiger partial charge in [-0.2, -0.15) is 4.98 Å². The van der Waals surface area contributed by atoms with Gasteiger partial charge >= 0.3 is 0 Å². The molecule has 0 saturated carbocycles. The van der Waals surface area contributed by atoms with Crippen LogP contribution in [0.15, 0.2) is 21.7 Å².